The number of aliphatic imine (C=N–C) groups is 1. The number of amidine groups is 1. The van der Waals surface area contributed by atoms with Crippen LogP contribution in [-0.4, -0.2) is 23.4 Å². The van der Waals surface area contributed by atoms with Crippen molar-refractivity contribution in [1.29, 1.82) is 5.26 Å². The Bertz CT molecular complexity index is 919. The van der Waals surface area contributed by atoms with Crippen LogP contribution in [0.15, 0.2) is 46.3 Å². The third kappa shape index (κ3) is 5.28. The van der Waals surface area contributed by atoms with E-state index in [-0.39, 0.29) is 11.4 Å². The molecular weight excluding hydrogens is 376 g/mol. The third-order valence-corrected chi connectivity index (χ3v) is 5.79. The second-order valence-corrected chi connectivity index (χ2v) is 7.81. The highest BCUT2D eigenvalue weighted by molar-refractivity contribution is 6.03. The molecule has 1 unspecified atom stereocenters. The van der Waals surface area contributed by atoms with E-state index < -0.39 is 0 Å². The Labute approximate surface area is 177 Å². The van der Waals surface area contributed by atoms with Crippen LogP contribution in [0.5, 0.6) is 0 Å². The van der Waals surface area contributed by atoms with Gasteiger partial charge in [0.2, 0.25) is 0 Å². The number of aromatic amines is 1. The van der Waals surface area contributed by atoms with Crippen LogP contribution in [0.3, 0.4) is 0 Å². The van der Waals surface area contributed by atoms with Crippen molar-refractivity contribution in [2.75, 3.05) is 11.9 Å². The molecule has 4 rings (SSSR count). The number of nitriles is 1. The maximum absolute atomic E-state index is 12.5. The lowest BCUT2D eigenvalue weighted by Crippen LogP contribution is -2.29. The smallest absolute Gasteiger partial charge is 0.261 e. The number of hydrogen-bond donors (Lipinski definition) is 4. The number of hydrogen-bond acceptors (Lipinski definition) is 5. The van der Waals surface area contributed by atoms with Crippen molar-refractivity contribution >= 4 is 17.2 Å². The summed E-state index contributed by atoms with van der Waals surface area (Å²) < 4.78 is 0. The molecule has 2 aliphatic rings. The Morgan fingerprint density at radius 1 is 1.07 bits per heavy atom. The van der Waals surface area contributed by atoms with Crippen LogP contribution in [0, 0.1) is 11.8 Å². The number of nitrogens with zero attached hydrogens (tertiary/aromatic N) is 2. The summed E-state index contributed by atoms with van der Waals surface area (Å²) in [6.07, 6.45) is 10.0. The van der Waals surface area contributed by atoms with E-state index in [0.717, 1.165) is 30.8 Å². The molecule has 0 amide bonds. The van der Waals surface area contributed by atoms with Crippen LogP contribution >= 0.6 is 0 Å². The molecule has 30 heavy (non-hydrogen) atoms. The van der Waals surface area contributed by atoms with Crippen molar-refractivity contribution in [3.8, 4) is 6.57 Å². The molecule has 1 atom stereocenters. The van der Waals surface area contributed by atoms with Gasteiger partial charge < -0.3 is 21.4 Å². The number of pyridine rings is 1. The molecule has 1 aromatic carbocycles. The number of nitrogens with two attached hydrogens (primary N) is 1. The summed E-state index contributed by atoms with van der Waals surface area (Å²) in [5, 5.41) is 13.5. The van der Waals surface area contributed by atoms with Gasteiger partial charge in [-0.25, -0.2) is 10.3 Å². The Morgan fingerprint density at radius 2 is 1.80 bits per heavy atom. The summed E-state index contributed by atoms with van der Waals surface area (Å²) in [4.78, 5) is 19.7. The van der Waals surface area contributed by atoms with Gasteiger partial charge in [0.05, 0.1) is 11.4 Å². The highest BCUT2D eigenvalue weighted by atomic mass is 16.1. The molecule has 1 saturated heterocycles. The number of nitrogens with one attached hydrogen (secondary N) is 3. The van der Waals surface area contributed by atoms with E-state index in [1.165, 1.54) is 37.7 Å². The molecule has 2 fully saturated rings. The largest absolute Gasteiger partial charge is 0.383 e. The molecule has 1 aliphatic carbocycles. The fourth-order valence-electron chi connectivity index (χ4n) is 4.27. The van der Waals surface area contributed by atoms with Crippen molar-refractivity contribution in [1.82, 2.24) is 10.3 Å². The normalized spacial score (nSPS) is 19.7. The predicted molar refractivity (Wildman–Crippen MR) is 121 cm³/mol. The zero-order chi connectivity index (χ0) is 21.3. The van der Waals surface area contributed by atoms with Gasteiger partial charge in [-0.3, -0.25) is 4.79 Å². The summed E-state index contributed by atoms with van der Waals surface area (Å²) >= 11 is 0. The molecule has 7 nitrogen and oxygen atoms in total. The summed E-state index contributed by atoms with van der Waals surface area (Å²) in [5.41, 5.74) is 9.28. The second-order valence-electron chi connectivity index (χ2n) is 7.81. The van der Waals surface area contributed by atoms with Crippen LogP contribution in [0.4, 0.5) is 11.4 Å². The summed E-state index contributed by atoms with van der Waals surface area (Å²) in [7, 11) is 0. The third-order valence-electron chi connectivity index (χ3n) is 5.79. The lowest BCUT2D eigenvalue weighted by atomic mass is 9.95. The first-order valence-corrected chi connectivity index (χ1v) is 10.6. The lowest BCUT2D eigenvalue weighted by Gasteiger charge is -2.24. The van der Waals surface area contributed by atoms with Gasteiger partial charge in [-0.15, -0.1) is 0 Å². The minimum absolute atomic E-state index is 0.214. The van der Waals surface area contributed by atoms with Crippen molar-refractivity contribution in [3.63, 3.8) is 0 Å². The zero-order valence-electron chi connectivity index (χ0n) is 17.2. The number of rotatable bonds is 5. The molecule has 2 heterocycles. The molecule has 0 radical (unpaired) electrons. The predicted octanol–water partition coefficient (Wildman–Crippen LogP) is 3.72. The number of anilines is 1. The van der Waals surface area contributed by atoms with Gasteiger partial charge in [-0.05, 0) is 56.0 Å². The SMILES string of the molecule is C#N.NC(=Nc1ccc(C2CCCN2)cc1)c1c(NC2CCCCC2)cc[nH]c1=O. The molecule has 0 spiro atoms. The molecule has 5 N–H and O–H groups in total. The highest BCUT2D eigenvalue weighted by Crippen LogP contribution is 2.26. The monoisotopic (exact) mass is 406 g/mol. The average Bonchev–Trinajstić information content (AvgIpc) is 3.31. The van der Waals surface area contributed by atoms with Gasteiger partial charge in [-0.1, -0.05) is 31.4 Å². The molecule has 1 aromatic heterocycles. The Balaban J connectivity index is 0.00000124. The highest BCUT2D eigenvalue weighted by Gasteiger charge is 2.18. The minimum Gasteiger partial charge on any atom is -0.383 e. The van der Waals surface area contributed by atoms with Gasteiger partial charge in [0.25, 0.3) is 5.56 Å². The first-order chi connectivity index (χ1) is 14.7. The molecule has 158 valence electrons. The zero-order valence-corrected chi connectivity index (χ0v) is 17.2. The summed E-state index contributed by atoms with van der Waals surface area (Å²) in [6.45, 7) is 4.57. The Kier molecular flexibility index (Phi) is 7.63. The topological polar surface area (TPSA) is 119 Å². The van der Waals surface area contributed by atoms with Gasteiger partial charge in [0.1, 0.15) is 11.4 Å². The van der Waals surface area contributed by atoms with Crippen molar-refractivity contribution < 1.29 is 0 Å². The van der Waals surface area contributed by atoms with Crippen LogP contribution in [0.1, 0.15) is 62.1 Å². The first kappa shape index (κ1) is 21.6. The van der Waals surface area contributed by atoms with Crippen LogP contribution < -0.4 is 21.9 Å². The fourth-order valence-corrected chi connectivity index (χ4v) is 4.27. The molecule has 1 saturated carbocycles. The van der Waals surface area contributed by atoms with Crippen LogP contribution in [0.2, 0.25) is 0 Å². The number of benzene rings is 1. The first-order valence-electron chi connectivity index (χ1n) is 10.6. The summed E-state index contributed by atoms with van der Waals surface area (Å²) in [5.74, 6) is 0.243. The van der Waals surface area contributed by atoms with Gasteiger partial charge in [0.15, 0.2) is 0 Å². The van der Waals surface area contributed by atoms with Gasteiger partial charge in [-0.2, -0.15) is 0 Å². The van der Waals surface area contributed by atoms with Gasteiger partial charge >= 0.3 is 0 Å². The molecule has 0 bridgehead atoms. The second kappa shape index (κ2) is 10.6. The van der Waals surface area contributed by atoms with E-state index in [9.17, 15) is 4.79 Å². The quantitative estimate of drug-likeness (QED) is 0.446. The number of aromatic nitrogens is 1. The van der Waals surface area contributed by atoms with Crippen molar-refractivity contribution in [2.45, 2.75) is 57.0 Å². The fraction of sp³-hybridized carbons (Fsp3) is 0.435. The maximum Gasteiger partial charge on any atom is 0.261 e. The van der Waals surface area contributed by atoms with E-state index in [4.69, 9.17) is 11.0 Å². The van der Waals surface area contributed by atoms with Crippen LogP contribution in [-0.2, 0) is 0 Å². The van der Waals surface area contributed by atoms with Crippen LogP contribution in [0.25, 0.3) is 0 Å². The van der Waals surface area contributed by atoms with Gasteiger partial charge in [0, 0.05) is 24.9 Å². The number of H-pyrrole nitrogens is 1. The molecule has 2 aromatic rings. The minimum atomic E-state index is -0.214. The van der Waals surface area contributed by atoms with E-state index in [1.807, 2.05) is 18.2 Å². The van der Waals surface area contributed by atoms with Crippen molar-refractivity contribution in [2.24, 2.45) is 10.7 Å². The Hall–Kier alpha value is -3.11. The summed E-state index contributed by atoms with van der Waals surface area (Å²) in [6, 6.07) is 10.8. The maximum atomic E-state index is 12.5. The molecule has 1 aliphatic heterocycles. The molecular formula is C23H30N6O. The van der Waals surface area contributed by atoms with E-state index in [2.05, 4.69) is 39.3 Å². The molecule has 7 heteroatoms. The van der Waals surface area contributed by atoms with E-state index >= 15 is 0 Å². The standard InChI is InChI=1S/C22H29N5O.CHN/c23-21(27-17-10-8-15(9-11-17)18-7-4-13-24-18)20-19(12-14-25-22(20)28)26-16-5-2-1-3-6-16;1-2/h8-12,14,16,18,24H,1-7,13H2,(H2,23,27)(H2,25,26,28);1H. The lowest BCUT2D eigenvalue weighted by molar-refractivity contribution is 0.462. The van der Waals surface area contributed by atoms with Crippen molar-refractivity contribution in [3.05, 3.63) is 58.0 Å². The van der Waals surface area contributed by atoms with E-state index in [0.29, 0.717) is 17.6 Å². The average molecular weight is 407 g/mol. The van der Waals surface area contributed by atoms with E-state index in [1.54, 1.807) is 6.20 Å². The Morgan fingerprint density at radius 3 is 2.47 bits per heavy atom.